The van der Waals surface area contributed by atoms with Crippen molar-refractivity contribution in [2.75, 3.05) is 0 Å². The summed E-state index contributed by atoms with van der Waals surface area (Å²) in [5.74, 6) is -0.196. The molecule has 0 spiro atoms. The summed E-state index contributed by atoms with van der Waals surface area (Å²) in [5, 5.41) is 7.50. The Balaban J connectivity index is 1.81. The first-order valence-electron chi connectivity index (χ1n) is 5.74. The lowest BCUT2D eigenvalue weighted by atomic mass is 10.2. The summed E-state index contributed by atoms with van der Waals surface area (Å²) in [4.78, 5) is 0. The fraction of sp³-hybridized carbons (Fsp3) is 0.308. The number of nitrogens with one attached hydrogen (secondary N) is 1. The minimum atomic E-state index is -0.196. The van der Waals surface area contributed by atoms with E-state index in [9.17, 15) is 4.39 Å². The Morgan fingerprint density at radius 2 is 1.88 bits per heavy atom. The van der Waals surface area contributed by atoms with E-state index < -0.39 is 0 Å². The first kappa shape index (κ1) is 11.8. The summed E-state index contributed by atoms with van der Waals surface area (Å²) in [6.45, 7) is 4.45. The Morgan fingerprint density at radius 1 is 1.18 bits per heavy atom. The maximum absolute atomic E-state index is 12.7. The quantitative estimate of drug-likeness (QED) is 0.859. The molecule has 0 unspecified atom stereocenters. The lowest BCUT2D eigenvalue weighted by molar-refractivity contribution is 0.624. The molecule has 1 heterocycles. The van der Waals surface area contributed by atoms with Crippen LogP contribution < -0.4 is 5.32 Å². The van der Waals surface area contributed by atoms with E-state index in [1.807, 2.05) is 17.1 Å². The van der Waals surface area contributed by atoms with Gasteiger partial charge in [-0.3, -0.25) is 4.68 Å². The van der Waals surface area contributed by atoms with E-state index in [1.165, 1.54) is 12.1 Å². The van der Waals surface area contributed by atoms with Crippen LogP contribution in [0.5, 0.6) is 0 Å². The highest BCUT2D eigenvalue weighted by atomic mass is 19.1. The summed E-state index contributed by atoms with van der Waals surface area (Å²) in [6.07, 6.45) is 3.89. The molecule has 0 aliphatic heterocycles. The van der Waals surface area contributed by atoms with E-state index in [2.05, 4.69) is 17.3 Å². The van der Waals surface area contributed by atoms with Gasteiger partial charge in [0.05, 0.1) is 6.20 Å². The highest BCUT2D eigenvalue weighted by Crippen LogP contribution is 2.03. The molecule has 0 bridgehead atoms. The van der Waals surface area contributed by atoms with Gasteiger partial charge in [-0.1, -0.05) is 12.1 Å². The molecular formula is C13H16FN3. The Kier molecular flexibility index (Phi) is 3.88. The van der Waals surface area contributed by atoms with Crippen molar-refractivity contribution in [3.8, 4) is 0 Å². The summed E-state index contributed by atoms with van der Waals surface area (Å²) in [6, 6.07) is 6.54. The fourth-order valence-corrected chi connectivity index (χ4v) is 1.62. The molecule has 90 valence electrons. The maximum Gasteiger partial charge on any atom is 0.123 e. The zero-order valence-electron chi connectivity index (χ0n) is 9.86. The summed E-state index contributed by atoms with van der Waals surface area (Å²) >= 11 is 0. The number of aryl methyl sites for hydroxylation is 1. The van der Waals surface area contributed by atoms with E-state index in [0.717, 1.165) is 30.8 Å². The van der Waals surface area contributed by atoms with Gasteiger partial charge >= 0.3 is 0 Å². The summed E-state index contributed by atoms with van der Waals surface area (Å²) < 4.78 is 14.6. The molecule has 0 amide bonds. The number of benzene rings is 1. The normalized spacial score (nSPS) is 10.7. The molecule has 0 atom stereocenters. The van der Waals surface area contributed by atoms with Crippen LogP contribution in [0.1, 0.15) is 18.1 Å². The van der Waals surface area contributed by atoms with E-state index in [4.69, 9.17) is 0 Å². The number of aromatic nitrogens is 2. The lowest BCUT2D eigenvalue weighted by Gasteiger charge is -2.03. The summed E-state index contributed by atoms with van der Waals surface area (Å²) in [7, 11) is 0. The second-order valence-corrected chi connectivity index (χ2v) is 3.93. The minimum absolute atomic E-state index is 0.196. The molecule has 1 N–H and O–H groups in total. The number of nitrogens with zero attached hydrogens (tertiary/aromatic N) is 2. The zero-order valence-corrected chi connectivity index (χ0v) is 9.86. The van der Waals surface area contributed by atoms with Crippen molar-refractivity contribution in [2.24, 2.45) is 0 Å². The van der Waals surface area contributed by atoms with E-state index in [1.54, 1.807) is 12.1 Å². The van der Waals surface area contributed by atoms with Crippen LogP contribution in [0.2, 0.25) is 0 Å². The van der Waals surface area contributed by atoms with Crippen LogP contribution in [0.15, 0.2) is 36.7 Å². The third-order valence-corrected chi connectivity index (χ3v) is 2.58. The predicted molar refractivity (Wildman–Crippen MR) is 64.8 cm³/mol. The Morgan fingerprint density at radius 3 is 2.53 bits per heavy atom. The molecule has 0 fully saturated rings. The van der Waals surface area contributed by atoms with Gasteiger partial charge in [-0.05, 0) is 24.6 Å². The van der Waals surface area contributed by atoms with Gasteiger partial charge in [-0.2, -0.15) is 5.10 Å². The van der Waals surface area contributed by atoms with Gasteiger partial charge < -0.3 is 5.32 Å². The van der Waals surface area contributed by atoms with Gasteiger partial charge in [0.2, 0.25) is 0 Å². The molecule has 4 heteroatoms. The Labute approximate surface area is 100 Å². The number of halogens is 1. The monoisotopic (exact) mass is 233 g/mol. The van der Waals surface area contributed by atoms with Crippen LogP contribution >= 0.6 is 0 Å². The second-order valence-electron chi connectivity index (χ2n) is 3.93. The van der Waals surface area contributed by atoms with E-state index in [-0.39, 0.29) is 5.82 Å². The van der Waals surface area contributed by atoms with Crippen LogP contribution in [-0.2, 0) is 19.6 Å². The van der Waals surface area contributed by atoms with Gasteiger partial charge in [0.1, 0.15) is 5.82 Å². The van der Waals surface area contributed by atoms with Gasteiger partial charge in [0.15, 0.2) is 0 Å². The molecular weight excluding hydrogens is 217 g/mol. The van der Waals surface area contributed by atoms with Crippen LogP contribution in [0, 0.1) is 5.82 Å². The molecule has 17 heavy (non-hydrogen) atoms. The lowest BCUT2D eigenvalue weighted by Crippen LogP contribution is -2.12. The molecule has 0 saturated heterocycles. The predicted octanol–water partition coefficient (Wildman–Crippen LogP) is 2.33. The standard InChI is InChI=1S/C13H16FN3/c1-2-17-10-12(9-16-17)8-15-7-11-3-5-13(14)6-4-11/h3-6,9-10,15H,2,7-8H2,1H3. The first-order chi connectivity index (χ1) is 8.28. The van der Waals surface area contributed by atoms with Crippen molar-refractivity contribution in [2.45, 2.75) is 26.6 Å². The fourth-order valence-electron chi connectivity index (χ4n) is 1.62. The molecule has 0 aliphatic rings. The van der Waals surface area contributed by atoms with Gasteiger partial charge in [0.25, 0.3) is 0 Å². The number of hydrogen-bond acceptors (Lipinski definition) is 2. The van der Waals surface area contributed by atoms with E-state index >= 15 is 0 Å². The average molecular weight is 233 g/mol. The van der Waals surface area contributed by atoms with Crippen molar-refractivity contribution in [1.82, 2.24) is 15.1 Å². The second kappa shape index (κ2) is 5.59. The van der Waals surface area contributed by atoms with Gasteiger partial charge in [0, 0.05) is 31.4 Å². The topological polar surface area (TPSA) is 29.9 Å². The molecule has 1 aromatic heterocycles. The van der Waals surface area contributed by atoms with Crippen LogP contribution in [0.25, 0.3) is 0 Å². The SMILES string of the molecule is CCn1cc(CNCc2ccc(F)cc2)cn1. The third kappa shape index (κ3) is 3.39. The number of hydrogen-bond donors (Lipinski definition) is 1. The minimum Gasteiger partial charge on any atom is -0.309 e. The summed E-state index contributed by atoms with van der Waals surface area (Å²) in [5.41, 5.74) is 2.24. The van der Waals surface area contributed by atoms with Crippen LogP contribution in [0.4, 0.5) is 4.39 Å². The number of rotatable bonds is 5. The molecule has 2 aromatic rings. The average Bonchev–Trinajstić information content (AvgIpc) is 2.80. The molecule has 0 saturated carbocycles. The van der Waals surface area contributed by atoms with Gasteiger partial charge in [-0.15, -0.1) is 0 Å². The van der Waals surface area contributed by atoms with Crippen molar-refractivity contribution in [3.05, 3.63) is 53.6 Å². The highest BCUT2D eigenvalue weighted by Gasteiger charge is 1.97. The third-order valence-electron chi connectivity index (χ3n) is 2.58. The molecule has 0 radical (unpaired) electrons. The molecule has 0 aliphatic carbocycles. The van der Waals surface area contributed by atoms with Crippen molar-refractivity contribution in [3.63, 3.8) is 0 Å². The molecule has 1 aromatic carbocycles. The van der Waals surface area contributed by atoms with Crippen molar-refractivity contribution < 1.29 is 4.39 Å². The highest BCUT2D eigenvalue weighted by molar-refractivity contribution is 5.16. The van der Waals surface area contributed by atoms with Crippen molar-refractivity contribution >= 4 is 0 Å². The van der Waals surface area contributed by atoms with E-state index in [0.29, 0.717) is 0 Å². The Bertz CT molecular complexity index is 462. The van der Waals surface area contributed by atoms with Crippen molar-refractivity contribution in [1.29, 1.82) is 0 Å². The maximum atomic E-state index is 12.7. The van der Waals surface area contributed by atoms with Crippen LogP contribution in [-0.4, -0.2) is 9.78 Å². The van der Waals surface area contributed by atoms with Gasteiger partial charge in [-0.25, -0.2) is 4.39 Å². The smallest absolute Gasteiger partial charge is 0.123 e. The molecule has 3 nitrogen and oxygen atoms in total. The van der Waals surface area contributed by atoms with Crippen LogP contribution in [0.3, 0.4) is 0 Å². The Hall–Kier alpha value is -1.68. The largest absolute Gasteiger partial charge is 0.309 e. The first-order valence-corrected chi connectivity index (χ1v) is 5.74. The molecule has 2 rings (SSSR count). The zero-order chi connectivity index (χ0) is 12.1.